The third kappa shape index (κ3) is 3.98. The van der Waals surface area contributed by atoms with Crippen molar-refractivity contribution in [2.45, 2.75) is 6.04 Å². The Hall–Kier alpha value is -1.60. The van der Waals surface area contributed by atoms with Crippen LogP contribution >= 0.6 is 15.9 Å². The Morgan fingerprint density at radius 3 is 2.32 bits per heavy atom. The molecule has 0 bridgehead atoms. The summed E-state index contributed by atoms with van der Waals surface area (Å²) >= 11 is 3.50. The van der Waals surface area contributed by atoms with E-state index < -0.39 is 0 Å². The number of halogens is 1. The van der Waals surface area contributed by atoms with Crippen molar-refractivity contribution in [2.24, 2.45) is 0 Å². The SMILES string of the molecule is Brc1ccc(C(C#Cc2ccccc2)N2CCOCC2)cc1. The summed E-state index contributed by atoms with van der Waals surface area (Å²) in [5, 5.41) is 0. The van der Waals surface area contributed by atoms with Crippen molar-refractivity contribution in [1.82, 2.24) is 4.90 Å². The number of nitrogens with zero attached hydrogens (tertiary/aromatic N) is 1. The van der Waals surface area contributed by atoms with Crippen LogP contribution in [0.4, 0.5) is 0 Å². The first-order chi connectivity index (χ1) is 10.8. The molecule has 1 saturated heterocycles. The minimum atomic E-state index is 0.109. The van der Waals surface area contributed by atoms with Gasteiger partial charge in [0.2, 0.25) is 0 Å². The second-order valence-electron chi connectivity index (χ2n) is 5.24. The van der Waals surface area contributed by atoms with Gasteiger partial charge in [0.05, 0.1) is 19.3 Å². The Balaban J connectivity index is 1.89. The van der Waals surface area contributed by atoms with Crippen LogP contribution < -0.4 is 0 Å². The molecule has 1 aliphatic rings. The predicted molar refractivity (Wildman–Crippen MR) is 92.6 cm³/mol. The zero-order valence-corrected chi connectivity index (χ0v) is 13.9. The summed E-state index contributed by atoms with van der Waals surface area (Å²) in [5.74, 6) is 6.76. The van der Waals surface area contributed by atoms with Crippen molar-refractivity contribution in [3.8, 4) is 11.8 Å². The van der Waals surface area contributed by atoms with Crippen molar-refractivity contribution in [2.75, 3.05) is 26.3 Å². The van der Waals surface area contributed by atoms with Gasteiger partial charge in [0, 0.05) is 23.1 Å². The lowest BCUT2D eigenvalue weighted by Crippen LogP contribution is -2.38. The third-order valence-electron chi connectivity index (χ3n) is 3.72. The molecule has 3 rings (SSSR count). The van der Waals surface area contributed by atoms with E-state index in [0.29, 0.717) is 0 Å². The van der Waals surface area contributed by atoms with Crippen molar-refractivity contribution in [1.29, 1.82) is 0 Å². The molecule has 1 unspecified atom stereocenters. The zero-order valence-electron chi connectivity index (χ0n) is 12.3. The van der Waals surface area contributed by atoms with Gasteiger partial charge in [0.1, 0.15) is 0 Å². The average molecular weight is 356 g/mol. The number of hydrogen-bond donors (Lipinski definition) is 0. The first kappa shape index (κ1) is 15.3. The van der Waals surface area contributed by atoms with E-state index in [1.54, 1.807) is 0 Å². The van der Waals surface area contributed by atoms with Gasteiger partial charge in [-0.2, -0.15) is 0 Å². The van der Waals surface area contributed by atoms with Crippen LogP contribution in [0.15, 0.2) is 59.1 Å². The second-order valence-corrected chi connectivity index (χ2v) is 6.15. The molecule has 1 aliphatic heterocycles. The smallest absolute Gasteiger partial charge is 0.0976 e. The van der Waals surface area contributed by atoms with Gasteiger partial charge in [0.25, 0.3) is 0 Å². The van der Waals surface area contributed by atoms with Gasteiger partial charge in [-0.3, -0.25) is 4.90 Å². The van der Waals surface area contributed by atoms with Gasteiger partial charge in [-0.1, -0.05) is 58.1 Å². The zero-order chi connectivity index (χ0) is 15.2. The third-order valence-corrected chi connectivity index (χ3v) is 4.25. The topological polar surface area (TPSA) is 12.5 Å². The van der Waals surface area contributed by atoms with Gasteiger partial charge in [-0.05, 0) is 29.8 Å². The quantitative estimate of drug-likeness (QED) is 0.758. The summed E-state index contributed by atoms with van der Waals surface area (Å²) in [7, 11) is 0. The van der Waals surface area contributed by atoms with Crippen LogP contribution in [0.1, 0.15) is 17.2 Å². The van der Waals surface area contributed by atoms with Gasteiger partial charge >= 0.3 is 0 Å². The number of benzene rings is 2. The van der Waals surface area contributed by atoms with Gasteiger partial charge in [-0.25, -0.2) is 0 Å². The Morgan fingerprint density at radius 2 is 1.64 bits per heavy atom. The standard InChI is InChI=1S/C19H18BrNO/c20-18-9-7-17(8-10-18)19(21-12-14-22-15-13-21)11-6-16-4-2-1-3-5-16/h1-5,7-10,19H,12-15H2. The van der Waals surface area contributed by atoms with E-state index in [0.717, 1.165) is 36.3 Å². The molecule has 2 nitrogen and oxygen atoms in total. The molecule has 3 heteroatoms. The molecule has 1 atom stereocenters. The summed E-state index contributed by atoms with van der Waals surface area (Å²) in [6.07, 6.45) is 0. The highest BCUT2D eigenvalue weighted by Crippen LogP contribution is 2.23. The lowest BCUT2D eigenvalue weighted by atomic mass is 10.0. The molecule has 2 aromatic carbocycles. The fraction of sp³-hybridized carbons (Fsp3) is 0.263. The maximum Gasteiger partial charge on any atom is 0.0976 e. The predicted octanol–water partition coefficient (Wildman–Crippen LogP) is 3.87. The van der Waals surface area contributed by atoms with Crippen molar-refractivity contribution < 1.29 is 4.74 Å². The maximum absolute atomic E-state index is 5.47. The highest BCUT2D eigenvalue weighted by atomic mass is 79.9. The number of hydrogen-bond acceptors (Lipinski definition) is 2. The van der Waals surface area contributed by atoms with E-state index in [1.807, 2.05) is 30.3 Å². The van der Waals surface area contributed by atoms with Gasteiger partial charge < -0.3 is 4.74 Å². The minimum Gasteiger partial charge on any atom is -0.379 e. The second kappa shape index (κ2) is 7.60. The Morgan fingerprint density at radius 1 is 0.955 bits per heavy atom. The first-order valence-corrected chi connectivity index (χ1v) is 8.26. The van der Waals surface area contributed by atoms with E-state index in [-0.39, 0.29) is 6.04 Å². The first-order valence-electron chi connectivity index (χ1n) is 7.47. The molecule has 1 heterocycles. The highest BCUT2D eigenvalue weighted by molar-refractivity contribution is 9.10. The largest absolute Gasteiger partial charge is 0.379 e. The molecule has 0 spiro atoms. The van der Waals surface area contributed by atoms with Gasteiger partial charge in [0.15, 0.2) is 0 Å². The van der Waals surface area contributed by atoms with Crippen LogP contribution in [0, 0.1) is 11.8 Å². The highest BCUT2D eigenvalue weighted by Gasteiger charge is 2.20. The lowest BCUT2D eigenvalue weighted by Gasteiger charge is -2.31. The molecule has 112 valence electrons. The lowest BCUT2D eigenvalue weighted by molar-refractivity contribution is 0.0270. The van der Waals surface area contributed by atoms with Crippen molar-refractivity contribution >= 4 is 15.9 Å². The summed E-state index contributed by atoms with van der Waals surface area (Å²) in [5.41, 5.74) is 2.28. The van der Waals surface area contributed by atoms with Crippen molar-refractivity contribution in [3.63, 3.8) is 0 Å². The van der Waals surface area contributed by atoms with E-state index in [1.165, 1.54) is 5.56 Å². The molecule has 0 radical (unpaired) electrons. The van der Waals surface area contributed by atoms with Crippen molar-refractivity contribution in [3.05, 3.63) is 70.2 Å². The molecule has 0 aliphatic carbocycles. The Bertz CT molecular complexity index is 651. The molecular formula is C19H18BrNO. The van der Waals surface area contributed by atoms with Crippen LogP contribution in [0.5, 0.6) is 0 Å². The van der Waals surface area contributed by atoms with Crippen LogP contribution in [0.25, 0.3) is 0 Å². The van der Waals surface area contributed by atoms with Crippen LogP contribution in [-0.2, 0) is 4.74 Å². The summed E-state index contributed by atoms with van der Waals surface area (Å²) < 4.78 is 6.56. The fourth-order valence-electron chi connectivity index (χ4n) is 2.54. The molecule has 1 fully saturated rings. The van der Waals surface area contributed by atoms with Gasteiger partial charge in [-0.15, -0.1) is 0 Å². The summed E-state index contributed by atoms with van der Waals surface area (Å²) in [6.45, 7) is 3.40. The normalized spacial score (nSPS) is 16.6. The molecule has 22 heavy (non-hydrogen) atoms. The molecule has 2 aromatic rings. The fourth-order valence-corrected chi connectivity index (χ4v) is 2.80. The Labute approximate surface area is 140 Å². The van der Waals surface area contributed by atoms with Crippen LogP contribution in [0.3, 0.4) is 0 Å². The van der Waals surface area contributed by atoms with E-state index in [4.69, 9.17) is 4.74 Å². The monoisotopic (exact) mass is 355 g/mol. The van der Waals surface area contributed by atoms with Crippen LogP contribution in [0.2, 0.25) is 0 Å². The van der Waals surface area contributed by atoms with E-state index >= 15 is 0 Å². The van der Waals surface area contributed by atoms with E-state index in [2.05, 4.69) is 56.9 Å². The summed E-state index contributed by atoms with van der Waals surface area (Å²) in [6, 6.07) is 18.7. The molecule has 0 aromatic heterocycles. The molecular weight excluding hydrogens is 338 g/mol. The molecule has 0 N–H and O–H groups in total. The van der Waals surface area contributed by atoms with E-state index in [9.17, 15) is 0 Å². The molecule has 0 saturated carbocycles. The number of morpholine rings is 1. The van der Waals surface area contributed by atoms with Crippen LogP contribution in [-0.4, -0.2) is 31.2 Å². The number of ether oxygens (including phenoxy) is 1. The Kier molecular flexibility index (Phi) is 5.29. The maximum atomic E-state index is 5.47. The molecule has 0 amide bonds. The minimum absolute atomic E-state index is 0.109. The summed E-state index contributed by atoms with van der Waals surface area (Å²) in [4.78, 5) is 2.39. The average Bonchev–Trinajstić information content (AvgIpc) is 2.58. The number of rotatable bonds is 2.